The largest absolute Gasteiger partial charge is 0.339 e. The molecule has 0 aromatic heterocycles. The van der Waals surface area contributed by atoms with Crippen LogP contribution >= 0.6 is 11.6 Å². The van der Waals surface area contributed by atoms with Crippen LogP contribution in [0.15, 0.2) is 0 Å². The van der Waals surface area contributed by atoms with Gasteiger partial charge in [0.25, 0.3) is 0 Å². The van der Waals surface area contributed by atoms with Crippen LogP contribution in [0.5, 0.6) is 0 Å². The van der Waals surface area contributed by atoms with E-state index in [9.17, 15) is 4.79 Å². The summed E-state index contributed by atoms with van der Waals surface area (Å²) in [5, 5.41) is 0. The number of hydrogen-bond donors (Lipinski definition) is 0. The van der Waals surface area contributed by atoms with Crippen molar-refractivity contribution in [3.8, 4) is 0 Å². The monoisotopic (exact) mass is 245 g/mol. The molecule has 1 fully saturated rings. The maximum Gasteiger partial charge on any atom is 0.222 e. The van der Waals surface area contributed by atoms with Gasteiger partial charge in [0.1, 0.15) is 0 Å². The van der Waals surface area contributed by atoms with Crippen molar-refractivity contribution in [1.82, 2.24) is 4.90 Å². The van der Waals surface area contributed by atoms with Crippen LogP contribution in [0.2, 0.25) is 0 Å². The number of halogens is 1. The molecule has 0 N–H and O–H groups in total. The SMILES string of the molecule is CCCCCC(=O)N1CCCCCC1CCl. The molecule has 0 radical (unpaired) electrons. The Labute approximate surface area is 104 Å². The number of amides is 1. The van der Waals surface area contributed by atoms with Crippen LogP contribution in [0.1, 0.15) is 58.3 Å². The van der Waals surface area contributed by atoms with Gasteiger partial charge in [-0.3, -0.25) is 4.79 Å². The lowest BCUT2D eigenvalue weighted by atomic mass is 10.1. The molecule has 1 aliphatic rings. The van der Waals surface area contributed by atoms with Gasteiger partial charge in [0.2, 0.25) is 5.91 Å². The second-order valence-corrected chi connectivity index (χ2v) is 5.01. The average Bonchev–Trinajstić information content (AvgIpc) is 2.54. The zero-order valence-electron chi connectivity index (χ0n) is 10.4. The first kappa shape index (κ1) is 13.8. The molecule has 0 aliphatic carbocycles. The molecule has 0 saturated carbocycles. The summed E-state index contributed by atoms with van der Waals surface area (Å²) < 4.78 is 0. The van der Waals surface area contributed by atoms with Crippen molar-refractivity contribution in [3.63, 3.8) is 0 Å². The molecule has 1 rings (SSSR count). The van der Waals surface area contributed by atoms with E-state index < -0.39 is 0 Å². The summed E-state index contributed by atoms with van der Waals surface area (Å²) >= 11 is 5.96. The predicted molar refractivity (Wildman–Crippen MR) is 68.8 cm³/mol. The average molecular weight is 246 g/mol. The second-order valence-electron chi connectivity index (χ2n) is 4.70. The second kappa shape index (κ2) is 7.94. The molecular formula is C13H24ClNO. The van der Waals surface area contributed by atoms with E-state index in [1.165, 1.54) is 19.3 Å². The summed E-state index contributed by atoms with van der Waals surface area (Å²) in [6.07, 6.45) is 8.76. The van der Waals surface area contributed by atoms with Gasteiger partial charge < -0.3 is 4.90 Å². The smallest absolute Gasteiger partial charge is 0.222 e. The Hall–Kier alpha value is -0.240. The molecule has 1 atom stereocenters. The molecule has 1 aliphatic heterocycles. The molecule has 3 heteroatoms. The molecule has 94 valence electrons. The summed E-state index contributed by atoms with van der Waals surface area (Å²) in [6.45, 7) is 3.08. The van der Waals surface area contributed by atoms with Gasteiger partial charge in [-0.15, -0.1) is 11.6 Å². The Balaban J connectivity index is 2.42. The summed E-state index contributed by atoms with van der Waals surface area (Å²) in [7, 11) is 0. The van der Waals surface area contributed by atoms with Crippen molar-refractivity contribution in [1.29, 1.82) is 0 Å². The van der Waals surface area contributed by atoms with Gasteiger partial charge in [0, 0.05) is 24.9 Å². The Morgan fingerprint density at radius 2 is 2.12 bits per heavy atom. The Morgan fingerprint density at radius 1 is 1.31 bits per heavy atom. The van der Waals surface area contributed by atoms with Gasteiger partial charge in [-0.1, -0.05) is 32.6 Å². The quantitative estimate of drug-likeness (QED) is 0.536. The van der Waals surface area contributed by atoms with Crippen molar-refractivity contribution in [2.75, 3.05) is 12.4 Å². The van der Waals surface area contributed by atoms with Crippen LogP contribution in [0, 0.1) is 0 Å². The van der Waals surface area contributed by atoms with E-state index in [0.29, 0.717) is 24.2 Å². The van der Waals surface area contributed by atoms with Gasteiger partial charge in [-0.05, 0) is 19.3 Å². The number of rotatable bonds is 5. The third kappa shape index (κ3) is 4.32. The fraction of sp³-hybridized carbons (Fsp3) is 0.923. The maximum absolute atomic E-state index is 12.1. The Kier molecular flexibility index (Phi) is 6.86. The third-order valence-corrected chi connectivity index (χ3v) is 3.73. The summed E-state index contributed by atoms with van der Waals surface area (Å²) in [4.78, 5) is 14.1. The molecule has 16 heavy (non-hydrogen) atoms. The molecule has 0 aromatic rings. The molecule has 1 heterocycles. The van der Waals surface area contributed by atoms with E-state index in [4.69, 9.17) is 11.6 Å². The lowest BCUT2D eigenvalue weighted by Crippen LogP contribution is -2.40. The first-order valence-electron chi connectivity index (χ1n) is 6.65. The van der Waals surface area contributed by atoms with Crippen molar-refractivity contribution in [3.05, 3.63) is 0 Å². The number of unbranched alkanes of at least 4 members (excludes halogenated alkanes) is 2. The lowest BCUT2D eigenvalue weighted by molar-refractivity contribution is -0.133. The van der Waals surface area contributed by atoms with E-state index in [1.807, 2.05) is 4.90 Å². The van der Waals surface area contributed by atoms with Crippen molar-refractivity contribution in [2.24, 2.45) is 0 Å². The zero-order chi connectivity index (χ0) is 11.8. The minimum absolute atomic E-state index is 0.290. The standard InChI is InChI=1S/C13H24ClNO/c1-2-3-5-9-13(16)15-10-7-4-6-8-12(15)11-14/h12H,2-11H2,1H3. The van der Waals surface area contributed by atoms with Crippen LogP contribution in [0.25, 0.3) is 0 Å². The summed E-state index contributed by atoms with van der Waals surface area (Å²) in [5.74, 6) is 0.917. The molecule has 2 nitrogen and oxygen atoms in total. The van der Waals surface area contributed by atoms with Crippen LogP contribution in [0.3, 0.4) is 0 Å². The van der Waals surface area contributed by atoms with Gasteiger partial charge >= 0.3 is 0 Å². The topological polar surface area (TPSA) is 20.3 Å². The Morgan fingerprint density at radius 3 is 2.81 bits per heavy atom. The molecular weight excluding hydrogens is 222 g/mol. The number of alkyl halides is 1. The minimum Gasteiger partial charge on any atom is -0.339 e. The van der Waals surface area contributed by atoms with Crippen LogP contribution in [-0.2, 0) is 4.79 Å². The van der Waals surface area contributed by atoms with E-state index in [2.05, 4.69) is 6.92 Å². The number of carbonyl (C=O) groups excluding carboxylic acids is 1. The van der Waals surface area contributed by atoms with Crippen LogP contribution in [0.4, 0.5) is 0 Å². The molecule has 1 amide bonds. The van der Waals surface area contributed by atoms with Crippen LogP contribution in [-0.4, -0.2) is 29.3 Å². The first-order valence-corrected chi connectivity index (χ1v) is 7.18. The number of carbonyl (C=O) groups is 1. The Bertz CT molecular complexity index is 208. The highest BCUT2D eigenvalue weighted by Gasteiger charge is 2.23. The van der Waals surface area contributed by atoms with E-state index in [-0.39, 0.29) is 0 Å². The number of hydrogen-bond acceptors (Lipinski definition) is 1. The lowest BCUT2D eigenvalue weighted by Gasteiger charge is -2.28. The highest BCUT2D eigenvalue weighted by atomic mass is 35.5. The number of nitrogens with zero attached hydrogens (tertiary/aromatic N) is 1. The molecule has 1 saturated heterocycles. The van der Waals surface area contributed by atoms with Gasteiger partial charge in [-0.25, -0.2) is 0 Å². The molecule has 0 bridgehead atoms. The highest BCUT2D eigenvalue weighted by Crippen LogP contribution is 2.19. The summed E-state index contributed by atoms with van der Waals surface area (Å²) in [5.41, 5.74) is 0. The van der Waals surface area contributed by atoms with E-state index in [1.54, 1.807) is 0 Å². The predicted octanol–water partition coefficient (Wildman–Crippen LogP) is 3.58. The zero-order valence-corrected chi connectivity index (χ0v) is 11.1. The fourth-order valence-electron chi connectivity index (χ4n) is 2.34. The molecule has 1 unspecified atom stereocenters. The van der Waals surface area contributed by atoms with Crippen molar-refractivity contribution < 1.29 is 4.79 Å². The van der Waals surface area contributed by atoms with E-state index in [0.717, 1.165) is 32.2 Å². The minimum atomic E-state index is 0.290. The number of likely N-dealkylation sites (tertiary alicyclic amines) is 1. The maximum atomic E-state index is 12.1. The van der Waals surface area contributed by atoms with Gasteiger partial charge in [0.15, 0.2) is 0 Å². The van der Waals surface area contributed by atoms with Crippen LogP contribution < -0.4 is 0 Å². The van der Waals surface area contributed by atoms with Gasteiger partial charge in [0.05, 0.1) is 0 Å². The normalized spacial score (nSPS) is 21.9. The van der Waals surface area contributed by atoms with E-state index >= 15 is 0 Å². The first-order chi connectivity index (χ1) is 7.79. The van der Waals surface area contributed by atoms with Crippen molar-refractivity contribution in [2.45, 2.75) is 64.3 Å². The fourth-order valence-corrected chi connectivity index (χ4v) is 2.66. The third-order valence-electron chi connectivity index (χ3n) is 3.37. The van der Waals surface area contributed by atoms with Gasteiger partial charge in [-0.2, -0.15) is 0 Å². The molecule has 0 spiro atoms. The summed E-state index contributed by atoms with van der Waals surface area (Å²) in [6, 6.07) is 0.290. The molecule has 0 aromatic carbocycles. The van der Waals surface area contributed by atoms with Crippen molar-refractivity contribution >= 4 is 17.5 Å². The highest BCUT2D eigenvalue weighted by molar-refractivity contribution is 6.18.